The summed E-state index contributed by atoms with van der Waals surface area (Å²) in [5.41, 5.74) is 7.84. The summed E-state index contributed by atoms with van der Waals surface area (Å²) in [7, 11) is 0. The van der Waals surface area contributed by atoms with Crippen molar-refractivity contribution in [2.45, 2.75) is 13.3 Å². The lowest BCUT2D eigenvalue weighted by Gasteiger charge is -2.05. The number of hydrogen-bond acceptors (Lipinski definition) is 3. The highest BCUT2D eigenvalue weighted by atomic mass is 16.1. The number of aromatic nitrogens is 2. The summed E-state index contributed by atoms with van der Waals surface area (Å²) in [5.74, 6) is 0.0246. The Kier molecular flexibility index (Phi) is 2.72. The molecule has 16 heavy (non-hydrogen) atoms. The Morgan fingerprint density at radius 1 is 1.31 bits per heavy atom. The molecule has 2 rings (SSSR count). The van der Waals surface area contributed by atoms with E-state index in [1.807, 2.05) is 37.3 Å². The van der Waals surface area contributed by atoms with Crippen LogP contribution in [0.25, 0.3) is 0 Å². The molecular weight excluding hydrogens is 202 g/mol. The molecule has 0 spiro atoms. The number of nitrogens with zero attached hydrogens (tertiary/aromatic N) is 1. The van der Waals surface area contributed by atoms with Gasteiger partial charge in [-0.1, -0.05) is 30.3 Å². The first kappa shape index (κ1) is 10.4. The quantitative estimate of drug-likeness (QED) is 0.792. The van der Waals surface area contributed by atoms with E-state index < -0.39 is 0 Å². The number of nitrogens with one attached hydrogen (secondary N) is 1. The summed E-state index contributed by atoms with van der Waals surface area (Å²) in [4.78, 5) is 11.8. The van der Waals surface area contributed by atoms with Gasteiger partial charge in [0.15, 0.2) is 5.82 Å². The molecule has 4 heteroatoms. The molecule has 0 atom stereocenters. The van der Waals surface area contributed by atoms with Crippen molar-refractivity contribution in [3.63, 3.8) is 0 Å². The van der Waals surface area contributed by atoms with E-state index in [2.05, 4.69) is 10.2 Å². The van der Waals surface area contributed by atoms with E-state index in [0.29, 0.717) is 12.0 Å². The van der Waals surface area contributed by atoms with E-state index in [0.717, 1.165) is 11.3 Å². The van der Waals surface area contributed by atoms with Gasteiger partial charge in [-0.3, -0.25) is 9.89 Å². The maximum absolute atomic E-state index is 11.8. The first-order chi connectivity index (χ1) is 7.68. The molecule has 1 aromatic heterocycles. The maximum atomic E-state index is 11.8. The fourth-order valence-electron chi connectivity index (χ4n) is 1.60. The predicted molar refractivity (Wildman–Crippen MR) is 63.3 cm³/mol. The van der Waals surface area contributed by atoms with Crippen molar-refractivity contribution in [2.75, 3.05) is 5.73 Å². The second kappa shape index (κ2) is 4.18. The molecular formula is C12H13N3O. The van der Waals surface area contributed by atoms with Crippen LogP contribution in [0.2, 0.25) is 0 Å². The van der Waals surface area contributed by atoms with Crippen LogP contribution in [0.4, 0.5) is 5.82 Å². The van der Waals surface area contributed by atoms with E-state index in [9.17, 15) is 4.79 Å². The number of nitrogens with two attached hydrogens (primary N) is 1. The standard InChI is InChI=1S/C12H13N3O/c1-8-10(11(16)12(13)15-14-8)7-9-5-3-2-4-6-9/h2-6H,7H2,1H3,(H2,13,15)(H,14,16). The van der Waals surface area contributed by atoms with E-state index in [1.54, 1.807) is 0 Å². The van der Waals surface area contributed by atoms with Gasteiger partial charge in [0.05, 0.1) is 0 Å². The first-order valence-corrected chi connectivity index (χ1v) is 5.06. The van der Waals surface area contributed by atoms with Crippen LogP contribution >= 0.6 is 0 Å². The Morgan fingerprint density at radius 2 is 2.00 bits per heavy atom. The highest BCUT2D eigenvalue weighted by molar-refractivity contribution is 5.36. The van der Waals surface area contributed by atoms with E-state index >= 15 is 0 Å². The summed E-state index contributed by atoms with van der Waals surface area (Å²) < 4.78 is 0. The molecule has 82 valence electrons. The third-order valence-corrected chi connectivity index (χ3v) is 2.53. The summed E-state index contributed by atoms with van der Waals surface area (Å²) in [5, 5.41) is 6.48. The van der Waals surface area contributed by atoms with Gasteiger partial charge in [-0.2, -0.15) is 5.10 Å². The summed E-state index contributed by atoms with van der Waals surface area (Å²) >= 11 is 0. The van der Waals surface area contributed by atoms with Crippen molar-refractivity contribution in [2.24, 2.45) is 0 Å². The average Bonchev–Trinajstić information content (AvgIpc) is 2.31. The summed E-state index contributed by atoms with van der Waals surface area (Å²) in [6, 6.07) is 9.80. The van der Waals surface area contributed by atoms with Gasteiger partial charge in [-0.25, -0.2) is 0 Å². The average molecular weight is 215 g/mol. The molecule has 0 amide bonds. The van der Waals surface area contributed by atoms with Crippen LogP contribution < -0.4 is 11.2 Å². The van der Waals surface area contributed by atoms with Crippen LogP contribution in [0.5, 0.6) is 0 Å². The summed E-state index contributed by atoms with van der Waals surface area (Å²) in [6.45, 7) is 1.83. The van der Waals surface area contributed by atoms with Crippen LogP contribution in [0.3, 0.4) is 0 Å². The van der Waals surface area contributed by atoms with Crippen LogP contribution in [-0.2, 0) is 6.42 Å². The molecule has 0 bridgehead atoms. The van der Waals surface area contributed by atoms with Gasteiger partial charge in [0.1, 0.15) is 0 Å². The molecule has 1 heterocycles. The molecule has 0 aliphatic carbocycles. The Morgan fingerprint density at radius 3 is 2.69 bits per heavy atom. The molecule has 4 nitrogen and oxygen atoms in total. The Labute approximate surface area is 93.1 Å². The molecule has 0 fully saturated rings. The number of hydrogen-bond donors (Lipinski definition) is 2. The fraction of sp³-hybridized carbons (Fsp3) is 0.167. The number of anilines is 1. The lowest BCUT2D eigenvalue weighted by Crippen LogP contribution is -2.19. The smallest absolute Gasteiger partial charge is 0.227 e. The second-order valence-electron chi connectivity index (χ2n) is 3.70. The third kappa shape index (κ3) is 1.95. The van der Waals surface area contributed by atoms with Gasteiger partial charge < -0.3 is 5.73 Å². The van der Waals surface area contributed by atoms with Crippen molar-refractivity contribution < 1.29 is 0 Å². The molecule has 0 aliphatic heterocycles. The molecule has 3 N–H and O–H groups in total. The number of aromatic amines is 1. The van der Waals surface area contributed by atoms with Crippen molar-refractivity contribution >= 4 is 5.82 Å². The van der Waals surface area contributed by atoms with E-state index in [1.165, 1.54) is 0 Å². The topological polar surface area (TPSA) is 71.8 Å². The normalized spacial score (nSPS) is 10.3. The Hall–Kier alpha value is -2.10. The zero-order chi connectivity index (χ0) is 11.5. The monoisotopic (exact) mass is 215 g/mol. The Balaban J connectivity index is 2.43. The molecule has 2 aromatic rings. The van der Waals surface area contributed by atoms with Crippen LogP contribution in [-0.4, -0.2) is 10.2 Å². The van der Waals surface area contributed by atoms with Gasteiger partial charge in [-0.15, -0.1) is 0 Å². The fourth-order valence-corrected chi connectivity index (χ4v) is 1.60. The lowest BCUT2D eigenvalue weighted by atomic mass is 10.0. The predicted octanol–water partition coefficient (Wildman–Crippen LogP) is 1.25. The van der Waals surface area contributed by atoms with Gasteiger partial charge in [0, 0.05) is 17.7 Å². The van der Waals surface area contributed by atoms with Gasteiger partial charge in [0.2, 0.25) is 5.43 Å². The molecule has 0 aliphatic rings. The van der Waals surface area contributed by atoms with Crippen LogP contribution in [0.15, 0.2) is 35.1 Å². The minimum absolute atomic E-state index is 0.0246. The second-order valence-corrected chi connectivity index (χ2v) is 3.70. The highest BCUT2D eigenvalue weighted by Crippen LogP contribution is 2.08. The highest BCUT2D eigenvalue weighted by Gasteiger charge is 2.08. The van der Waals surface area contributed by atoms with Gasteiger partial charge in [0.25, 0.3) is 0 Å². The number of nitrogen functional groups attached to an aromatic ring is 1. The first-order valence-electron chi connectivity index (χ1n) is 5.06. The van der Waals surface area contributed by atoms with Gasteiger partial charge >= 0.3 is 0 Å². The zero-order valence-corrected chi connectivity index (χ0v) is 9.03. The van der Waals surface area contributed by atoms with Crippen molar-refractivity contribution in [3.05, 3.63) is 57.4 Å². The minimum atomic E-state index is -0.180. The number of benzene rings is 1. The lowest BCUT2D eigenvalue weighted by molar-refractivity contribution is 0.936. The number of H-pyrrole nitrogens is 1. The third-order valence-electron chi connectivity index (χ3n) is 2.53. The number of aryl methyl sites for hydroxylation is 1. The van der Waals surface area contributed by atoms with Crippen LogP contribution in [0, 0.1) is 6.92 Å². The largest absolute Gasteiger partial charge is 0.379 e. The van der Waals surface area contributed by atoms with E-state index in [-0.39, 0.29) is 11.2 Å². The molecule has 1 aromatic carbocycles. The van der Waals surface area contributed by atoms with Crippen molar-refractivity contribution in [1.82, 2.24) is 10.2 Å². The number of rotatable bonds is 2. The summed E-state index contributed by atoms with van der Waals surface area (Å²) in [6.07, 6.45) is 0.578. The van der Waals surface area contributed by atoms with Crippen LogP contribution in [0.1, 0.15) is 16.8 Å². The zero-order valence-electron chi connectivity index (χ0n) is 9.03. The minimum Gasteiger partial charge on any atom is -0.379 e. The molecule has 0 saturated heterocycles. The van der Waals surface area contributed by atoms with Gasteiger partial charge in [-0.05, 0) is 12.5 Å². The molecule has 0 saturated carbocycles. The SMILES string of the molecule is Cc1[nH]nc(N)c(=O)c1Cc1ccccc1. The molecule has 0 radical (unpaired) electrons. The van der Waals surface area contributed by atoms with Crippen molar-refractivity contribution in [1.29, 1.82) is 0 Å². The van der Waals surface area contributed by atoms with Crippen molar-refractivity contribution in [3.8, 4) is 0 Å². The molecule has 0 unspecified atom stereocenters. The Bertz CT molecular complexity index is 546. The van der Waals surface area contributed by atoms with E-state index in [4.69, 9.17) is 5.73 Å². The maximum Gasteiger partial charge on any atom is 0.227 e.